The largest absolute Gasteiger partial charge is 0.446 e. The molecular weight excluding hydrogens is 440 g/mol. The first-order chi connectivity index (χ1) is 17.1. The number of aromatic nitrogens is 1. The van der Waals surface area contributed by atoms with Gasteiger partial charge in [-0.3, -0.25) is 9.78 Å². The van der Waals surface area contributed by atoms with Gasteiger partial charge in [0.2, 0.25) is 5.91 Å². The quantitative estimate of drug-likeness (QED) is 0.199. The van der Waals surface area contributed by atoms with E-state index < -0.39 is 6.09 Å². The normalized spacial score (nSPS) is 17.4. The summed E-state index contributed by atoms with van der Waals surface area (Å²) in [6.07, 6.45) is 21.9. The number of carbonyl (C=O) groups excluding carboxylic acids is 2. The molecule has 0 radical (unpaired) electrons. The number of ether oxygens (including phenoxy) is 2. The standard InChI is InChI=1S/C29H48N2O4/c1-3-4-5-6-7-8-9-10-11-12-13-14-15-19-27-20-21-28(35-27)24-34-29(33)31(25(2)32)23-26-18-16-17-22-30-26/h16-18,22,27-28H,3-15,19-21,23-24H2,1-2H3. The molecule has 0 bridgehead atoms. The molecule has 0 spiro atoms. The van der Waals surface area contributed by atoms with Crippen LogP contribution in [0.1, 0.15) is 122 Å². The van der Waals surface area contributed by atoms with Crippen molar-refractivity contribution in [3.05, 3.63) is 30.1 Å². The Morgan fingerprint density at radius 3 is 2.09 bits per heavy atom. The lowest BCUT2D eigenvalue weighted by molar-refractivity contribution is -0.128. The Bertz CT molecular complexity index is 697. The molecule has 1 saturated heterocycles. The number of carbonyl (C=O) groups is 2. The summed E-state index contributed by atoms with van der Waals surface area (Å²) >= 11 is 0. The van der Waals surface area contributed by atoms with Crippen molar-refractivity contribution in [2.24, 2.45) is 0 Å². The van der Waals surface area contributed by atoms with Crippen molar-refractivity contribution < 1.29 is 19.1 Å². The van der Waals surface area contributed by atoms with Crippen LogP contribution in [0.4, 0.5) is 4.79 Å². The average Bonchev–Trinajstić information content (AvgIpc) is 3.32. The number of hydrogen-bond donors (Lipinski definition) is 0. The number of imide groups is 1. The number of rotatable bonds is 18. The van der Waals surface area contributed by atoms with E-state index in [-0.39, 0.29) is 31.3 Å². The maximum absolute atomic E-state index is 12.4. The molecule has 0 saturated carbocycles. The Balaban J connectivity index is 1.47. The molecule has 2 amide bonds. The molecule has 1 fully saturated rings. The van der Waals surface area contributed by atoms with Crippen LogP contribution in [0.5, 0.6) is 0 Å². The number of unbranched alkanes of at least 4 members (excludes halogenated alkanes) is 12. The Morgan fingerprint density at radius 2 is 1.51 bits per heavy atom. The molecule has 2 heterocycles. The molecule has 1 aliphatic heterocycles. The van der Waals surface area contributed by atoms with Gasteiger partial charge in [-0.2, -0.15) is 0 Å². The highest BCUT2D eigenvalue weighted by molar-refractivity contribution is 5.90. The fourth-order valence-electron chi connectivity index (χ4n) is 4.71. The predicted molar refractivity (Wildman–Crippen MR) is 140 cm³/mol. The Morgan fingerprint density at radius 1 is 0.914 bits per heavy atom. The van der Waals surface area contributed by atoms with Gasteiger partial charge in [-0.25, -0.2) is 9.69 Å². The SMILES string of the molecule is CCCCCCCCCCCCCCCC1CCC(COC(=O)N(Cc2ccccn2)C(C)=O)O1. The molecule has 2 rings (SSSR count). The summed E-state index contributed by atoms with van der Waals surface area (Å²) in [5, 5.41) is 0. The predicted octanol–water partition coefficient (Wildman–Crippen LogP) is 7.60. The van der Waals surface area contributed by atoms with Gasteiger partial charge >= 0.3 is 6.09 Å². The average molecular weight is 489 g/mol. The number of amides is 2. The molecule has 1 aromatic heterocycles. The van der Waals surface area contributed by atoms with Crippen LogP contribution in [0.15, 0.2) is 24.4 Å². The molecule has 198 valence electrons. The summed E-state index contributed by atoms with van der Waals surface area (Å²) in [6, 6.07) is 5.41. The van der Waals surface area contributed by atoms with E-state index in [0.29, 0.717) is 5.69 Å². The maximum Gasteiger partial charge on any atom is 0.416 e. The van der Waals surface area contributed by atoms with E-state index >= 15 is 0 Å². The Kier molecular flexibility index (Phi) is 15.3. The van der Waals surface area contributed by atoms with Crippen LogP contribution in [-0.4, -0.2) is 40.7 Å². The minimum atomic E-state index is -0.633. The topological polar surface area (TPSA) is 68.7 Å². The Hall–Kier alpha value is -1.95. The van der Waals surface area contributed by atoms with Gasteiger partial charge in [-0.05, 0) is 31.4 Å². The number of pyridine rings is 1. The zero-order valence-corrected chi connectivity index (χ0v) is 22.2. The van der Waals surface area contributed by atoms with E-state index in [0.717, 1.165) is 24.2 Å². The van der Waals surface area contributed by atoms with Crippen molar-refractivity contribution in [2.75, 3.05) is 6.61 Å². The van der Waals surface area contributed by atoms with Gasteiger partial charge in [-0.15, -0.1) is 0 Å². The third-order valence-corrected chi connectivity index (χ3v) is 6.86. The zero-order chi connectivity index (χ0) is 25.1. The third-order valence-electron chi connectivity index (χ3n) is 6.86. The maximum atomic E-state index is 12.4. The van der Waals surface area contributed by atoms with E-state index in [4.69, 9.17) is 9.47 Å². The lowest BCUT2D eigenvalue weighted by Crippen LogP contribution is -2.36. The van der Waals surface area contributed by atoms with Gasteiger partial charge in [0.25, 0.3) is 0 Å². The van der Waals surface area contributed by atoms with E-state index in [9.17, 15) is 9.59 Å². The number of hydrogen-bond acceptors (Lipinski definition) is 5. The minimum Gasteiger partial charge on any atom is -0.446 e. The highest BCUT2D eigenvalue weighted by Gasteiger charge is 2.27. The smallest absolute Gasteiger partial charge is 0.416 e. The van der Waals surface area contributed by atoms with Crippen molar-refractivity contribution in [3.63, 3.8) is 0 Å². The summed E-state index contributed by atoms with van der Waals surface area (Å²) in [5.74, 6) is -0.353. The number of nitrogens with zero attached hydrogens (tertiary/aromatic N) is 2. The first kappa shape index (κ1) is 29.3. The first-order valence-electron chi connectivity index (χ1n) is 14.1. The molecular formula is C29H48N2O4. The van der Waals surface area contributed by atoms with Crippen molar-refractivity contribution >= 4 is 12.0 Å². The lowest BCUT2D eigenvalue weighted by atomic mass is 10.0. The van der Waals surface area contributed by atoms with Gasteiger partial charge in [-0.1, -0.05) is 96.5 Å². The molecule has 1 aliphatic rings. The molecule has 6 nitrogen and oxygen atoms in total. The van der Waals surface area contributed by atoms with Crippen molar-refractivity contribution in [1.82, 2.24) is 9.88 Å². The van der Waals surface area contributed by atoms with Gasteiger partial charge in [0.05, 0.1) is 24.4 Å². The van der Waals surface area contributed by atoms with Crippen molar-refractivity contribution in [3.8, 4) is 0 Å². The van der Waals surface area contributed by atoms with Crippen molar-refractivity contribution in [1.29, 1.82) is 0 Å². The second-order valence-electron chi connectivity index (χ2n) is 9.99. The van der Waals surface area contributed by atoms with Crippen LogP contribution in [0.2, 0.25) is 0 Å². The van der Waals surface area contributed by atoms with Gasteiger partial charge < -0.3 is 9.47 Å². The summed E-state index contributed by atoms with van der Waals surface area (Å²) in [4.78, 5) is 29.6. The Labute approximate surface area is 213 Å². The summed E-state index contributed by atoms with van der Waals surface area (Å²) in [7, 11) is 0. The van der Waals surface area contributed by atoms with Crippen LogP contribution in [0.25, 0.3) is 0 Å². The fourth-order valence-corrected chi connectivity index (χ4v) is 4.71. The fraction of sp³-hybridized carbons (Fsp3) is 0.759. The zero-order valence-electron chi connectivity index (χ0n) is 22.2. The second-order valence-corrected chi connectivity index (χ2v) is 9.99. The molecule has 35 heavy (non-hydrogen) atoms. The summed E-state index contributed by atoms with van der Waals surface area (Å²) < 4.78 is 11.5. The van der Waals surface area contributed by atoms with Gasteiger partial charge in [0.15, 0.2) is 0 Å². The minimum absolute atomic E-state index is 0.0745. The first-order valence-corrected chi connectivity index (χ1v) is 14.1. The van der Waals surface area contributed by atoms with Crippen LogP contribution in [0.3, 0.4) is 0 Å². The molecule has 0 aliphatic carbocycles. The van der Waals surface area contributed by atoms with E-state index in [2.05, 4.69) is 11.9 Å². The van der Waals surface area contributed by atoms with E-state index in [1.807, 2.05) is 6.07 Å². The molecule has 2 atom stereocenters. The van der Waals surface area contributed by atoms with E-state index in [1.165, 1.54) is 90.4 Å². The third kappa shape index (κ3) is 13.1. The molecule has 6 heteroatoms. The van der Waals surface area contributed by atoms with Gasteiger partial charge in [0.1, 0.15) is 6.61 Å². The molecule has 0 N–H and O–H groups in total. The highest BCUT2D eigenvalue weighted by atomic mass is 16.6. The monoisotopic (exact) mass is 488 g/mol. The van der Waals surface area contributed by atoms with Crippen LogP contribution in [-0.2, 0) is 20.8 Å². The van der Waals surface area contributed by atoms with Crippen LogP contribution in [0, 0.1) is 0 Å². The van der Waals surface area contributed by atoms with E-state index in [1.54, 1.807) is 18.3 Å². The van der Waals surface area contributed by atoms with Crippen LogP contribution >= 0.6 is 0 Å². The summed E-state index contributed by atoms with van der Waals surface area (Å²) in [6.45, 7) is 3.94. The summed E-state index contributed by atoms with van der Waals surface area (Å²) in [5.41, 5.74) is 0.648. The second kappa shape index (κ2) is 18.3. The molecule has 0 aromatic carbocycles. The molecule has 2 unspecified atom stereocenters. The van der Waals surface area contributed by atoms with Crippen LogP contribution < -0.4 is 0 Å². The van der Waals surface area contributed by atoms with Crippen molar-refractivity contribution in [2.45, 2.75) is 135 Å². The van der Waals surface area contributed by atoms with Gasteiger partial charge in [0, 0.05) is 13.1 Å². The molecule has 1 aromatic rings. The lowest BCUT2D eigenvalue weighted by Gasteiger charge is -2.20. The highest BCUT2D eigenvalue weighted by Crippen LogP contribution is 2.25.